The number of nitrogens with zero attached hydrogens (tertiary/aromatic N) is 5. The van der Waals surface area contributed by atoms with E-state index < -0.39 is 0 Å². The molecule has 12 rings (SSSR count). The number of anilines is 3. The molecule has 63 heavy (non-hydrogen) atoms. The number of para-hydroxylation sites is 4. The molecule has 0 aliphatic heterocycles. The first-order chi connectivity index (χ1) is 31.2. The number of furan rings is 1. The van der Waals surface area contributed by atoms with Gasteiger partial charge in [0.25, 0.3) is 0 Å². The van der Waals surface area contributed by atoms with Crippen molar-refractivity contribution in [1.82, 2.24) is 19.5 Å². The third-order valence-electron chi connectivity index (χ3n) is 11.8. The third-order valence-corrected chi connectivity index (χ3v) is 11.8. The van der Waals surface area contributed by atoms with Crippen LogP contribution in [-0.2, 0) is 0 Å². The van der Waals surface area contributed by atoms with Crippen molar-refractivity contribution in [2.75, 3.05) is 4.90 Å². The van der Waals surface area contributed by atoms with Crippen molar-refractivity contribution in [2.24, 2.45) is 0 Å². The minimum atomic E-state index is 0.567. The summed E-state index contributed by atoms with van der Waals surface area (Å²) in [6, 6.07) is 78.0. The lowest BCUT2D eigenvalue weighted by molar-refractivity contribution is 0.669. The Balaban J connectivity index is 1.20. The highest BCUT2D eigenvalue weighted by Gasteiger charge is 2.26. The molecule has 0 amide bonds. The van der Waals surface area contributed by atoms with Crippen LogP contribution in [0.3, 0.4) is 0 Å². The first-order valence-electron chi connectivity index (χ1n) is 21.1. The molecule has 296 valence electrons. The van der Waals surface area contributed by atoms with Gasteiger partial charge in [0.1, 0.15) is 5.58 Å². The molecule has 3 heterocycles. The van der Waals surface area contributed by atoms with Crippen molar-refractivity contribution in [3.05, 3.63) is 224 Å². The fourth-order valence-corrected chi connectivity index (χ4v) is 8.92. The predicted octanol–water partition coefficient (Wildman–Crippen LogP) is 15.0. The average Bonchev–Trinajstić information content (AvgIpc) is 3.92. The lowest BCUT2D eigenvalue weighted by atomic mass is 10.0. The van der Waals surface area contributed by atoms with E-state index in [9.17, 15) is 0 Å². The number of rotatable bonds is 8. The van der Waals surface area contributed by atoms with E-state index in [2.05, 4.69) is 161 Å². The Kier molecular flexibility index (Phi) is 8.71. The van der Waals surface area contributed by atoms with Gasteiger partial charge in [-0.2, -0.15) is 0 Å². The van der Waals surface area contributed by atoms with Crippen LogP contribution in [-0.4, -0.2) is 19.5 Å². The molecule has 6 heteroatoms. The lowest BCUT2D eigenvalue weighted by Gasteiger charge is -2.27. The second-order valence-corrected chi connectivity index (χ2v) is 15.6. The van der Waals surface area contributed by atoms with Gasteiger partial charge in [0.2, 0.25) is 0 Å². The van der Waals surface area contributed by atoms with E-state index in [4.69, 9.17) is 19.4 Å². The molecule has 3 aromatic heterocycles. The molecule has 0 N–H and O–H groups in total. The van der Waals surface area contributed by atoms with Crippen LogP contribution in [0.1, 0.15) is 0 Å². The fourth-order valence-electron chi connectivity index (χ4n) is 8.92. The summed E-state index contributed by atoms with van der Waals surface area (Å²) in [7, 11) is 0. The molecule has 0 saturated carbocycles. The van der Waals surface area contributed by atoms with Gasteiger partial charge < -0.3 is 13.9 Å². The summed E-state index contributed by atoms with van der Waals surface area (Å²) in [4.78, 5) is 17.9. The molecular formula is C57H37N5O. The molecule has 0 aliphatic carbocycles. The Bertz CT molecular complexity index is 3540. The summed E-state index contributed by atoms with van der Waals surface area (Å²) in [6.07, 6.45) is 0. The molecule has 0 atom stereocenters. The summed E-state index contributed by atoms with van der Waals surface area (Å²) < 4.78 is 9.19. The summed E-state index contributed by atoms with van der Waals surface area (Å²) in [6.45, 7) is 0. The quantitative estimate of drug-likeness (QED) is 0.153. The van der Waals surface area contributed by atoms with E-state index in [1.807, 2.05) is 72.8 Å². The van der Waals surface area contributed by atoms with Crippen LogP contribution in [0.4, 0.5) is 17.1 Å². The molecule has 0 unspecified atom stereocenters. The van der Waals surface area contributed by atoms with Crippen molar-refractivity contribution in [2.45, 2.75) is 0 Å². The Morgan fingerprint density at radius 1 is 0.365 bits per heavy atom. The Hall–Kier alpha value is -8.61. The molecule has 0 radical (unpaired) electrons. The van der Waals surface area contributed by atoms with Crippen molar-refractivity contribution in [3.8, 4) is 51.0 Å². The van der Waals surface area contributed by atoms with Crippen LogP contribution >= 0.6 is 0 Å². The summed E-state index contributed by atoms with van der Waals surface area (Å²) in [5, 5.41) is 4.32. The van der Waals surface area contributed by atoms with Crippen LogP contribution in [0.25, 0.3) is 94.7 Å². The van der Waals surface area contributed by atoms with Crippen LogP contribution in [0.15, 0.2) is 229 Å². The molecule has 0 fully saturated rings. The maximum atomic E-state index is 6.84. The van der Waals surface area contributed by atoms with Gasteiger partial charge in [-0.05, 0) is 65.7 Å². The van der Waals surface area contributed by atoms with Gasteiger partial charge in [0.05, 0.1) is 22.4 Å². The first-order valence-corrected chi connectivity index (χ1v) is 21.1. The predicted molar refractivity (Wildman–Crippen MR) is 258 cm³/mol. The SMILES string of the molecule is c1ccc(-c2ccc(N(c3cccc4c3oc3ccccc34)c3cc(-c4nc(-c5ccccc5)nc(-c5ccccc5)n4)cc4c3c3ccccc3n4-c3ccccc3)cc2)cc1. The van der Waals surface area contributed by atoms with Crippen molar-refractivity contribution >= 4 is 60.8 Å². The van der Waals surface area contributed by atoms with Gasteiger partial charge in [0.15, 0.2) is 23.1 Å². The van der Waals surface area contributed by atoms with E-state index in [1.54, 1.807) is 0 Å². The van der Waals surface area contributed by atoms with Crippen LogP contribution in [0, 0.1) is 0 Å². The zero-order valence-corrected chi connectivity index (χ0v) is 34.0. The number of fused-ring (bicyclic) bond motifs is 6. The minimum absolute atomic E-state index is 0.567. The normalized spacial score (nSPS) is 11.5. The largest absolute Gasteiger partial charge is 0.454 e. The molecule has 0 spiro atoms. The molecule has 0 saturated heterocycles. The van der Waals surface area contributed by atoms with Gasteiger partial charge in [-0.25, -0.2) is 15.0 Å². The van der Waals surface area contributed by atoms with E-state index in [0.717, 1.165) is 94.3 Å². The Labute approximate surface area is 363 Å². The van der Waals surface area contributed by atoms with Crippen molar-refractivity contribution < 1.29 is 4.42 Å². The maximum Gasteiger partial charge on any atom is 0.164 e. The van der Waals surface area contributed by atoms with Gasteiger partial charge in [-0.1, -0.05) is 170 Å². The minimum Gasteiger partial charge on any atom is -0.454 e. The second-order valence-electron chi connectivity index (χ2n) is 15.6. The first kappa shape index (κ1) is 36.3. The van der Waals surface area contributed by atoms with E-state index in [1.165, 1.54) is 0 Å². The number of benzene rings is 9. The zero-order valence-electron chi connectivity index (χ0n) is 34.0. The standard InChI is InChI=1S/C57H37N5O/c1-5-18-38(19-6-1)39-32-34-44(35-33-39)62(49-30-17-28-46-45-26-14-16-31-52(45)63-54(46)49)51-37-42(36-50-53(51)47-27-13-15-29-48(47)61(50)43-24-11-4-12-25-43)57-59-55(40-20-7-2-8-21-40)58-56(60-57)41-22-9-3-10-23-41/h1-37H. The van der Waals surface area contributed by atoms with Crippen LogP contribution < -0.4 is 4.90 Å². The van der Waals surface area contributed by atoms with Gasteiger partial charge >= 0.3 is 0 Å². The summed E-state index contributed by atoms with van der Waals surface area (Å²) >= 11 is 0. The van der Waals surface area contributed by atoms with Gasteiger partial charge in [-0.3, -0.25) is 0 Å². The Morgan fingerprint density at radius 2 is 0.889 bits per heavy atom. The zero-order chi connectivity index (χ0) is 41.7. The monoisotopic (exact) mass is 807 g/mol. The number of hydrogen-bond donors (Lipinski definition) is 0. The number of hydrogen-bond acceptors (Lipinski definition) is 5. The van der Waals surface area contributed by atoms with Crippen LogP contribution in [0.5, 0.6) is 0 Å². The summed E-state index contributed by atoms with van der Waals surface area (Å²) in [5.74, 6) is 1.77. The molecule has 0 aliphatic rings. The molecule has 12 aromatic rings. The highest BCUT2D eigenvalue weighted by atomic mass is 16.3. The molecule has 9 aromatic carbocycles. The van der Waals surface area contributed by atoms with Gasteiger partial charge in [-0.15, -0.1) is 0 Å². The van der Waals surface area contributed by atoms with Crippen LogP contribution in [0.2, 0.25) is 0 Å². The maximum absolute atomic E-state index is 6.84. The lowest BCUT2D eigenvalue weighted by Crippen LogP contribution is -2.11. The van der Waals surface area contributed by atoms with Crippen molar-refractivity contribution in [1.29, 1.82) is 0 Å². The molecular weight excluding hydrogens is 771 g/mol. The van der Waals surface area contributed by atoms with E-state index >= 15 is 0 Å². The molecule has 0 bridgehead atoms. The Morgan fingerprint density at radius 3 is 1.56 bits per heavy atom. The van der Waals surface area contributed by atoms with E-state index in [0.29, 0.717) is 17.5 Å². The highest BCUT2D eigenvalue weighted by Crippen LogP contribution is 2.48. The van der Waals surface area contributed by atoms with Crippen molar-refractivity contribution in [3.63, 3.8) is 0 Å². The number of aromatic nitrogens is 4. The summed E-state index contributed by atoms with van der Waals surface area (Å²) in [5.41, 5.74) is 12.6. The average molecular weight is 808 g/mol. The highest BCUT2D eigenvalue weighted by molar-refractivity contribution is 6.19. The topological polar surface area (TPSA) is 60.0 Å². The second kappa shape index (κ2) is 15.1. The molecule has 6 nitrogen and oxygen atoms in total. The third kappa shape index (κ3) is 6.32. The van der Waals surface area contributed by atoms with Gasteiger partial charge in [0, 0.05) is 49.6 Å². The fraction of sp³-hybridized carbons (Fsp3) is 0. The smallest absolute Gasteiger partial charge is 0.164 e. The van der Waals surface area contributed by atoms with E-state index in [-0.39, 0.29) is 0 Å².